The van der Waals surface area contributed by atoms with Crippen LogP contribution in [0.5, 0.6) is 0 Å². The number of hydrogen-bond acceptors (Lipinski definition) is 3. The molecule has 2 heterocycles. The lowest BCUT2D eigenvalue weighted by molar-refractivity contribution is -0.0448. The molecular formula is C21H26N2O3. The number of benzene rings is 1. The summed E-state index contributed by atoms with van der Waals surface area (Å²) in [5.74, 6) is 0.345. The molecule has 1 saturated carbocycles. The molecule has 1 aromatic carbocycles. The number of rotatable bonds is 2. The van der Waals surface area contributed by atoms with Crippen LogP contribution in [0.3, 0.4) is 0 Å². The maximum atomic E-state index is 13.5. The summed E-state index contributed by atoms with van der Waals surface area (Å²) in [6.07, 6.45) is 6.40. The van der Waals surface area contributed by atoms with Crippen molar-refractivity contribution in [2.45, 2.75) is 50.7 Å². The van der Waals surface area contributed by atoms with Gasteiger partial charge in [0.1, 0.15) is 0 Å². The summed E-state index contributed by atoms with van der Waals surface area (Å²) in [7, 11) is 0. The molecule has 5 rings (SSSR count). The maximum absolute atomic E-state index is 13.5. The fourth-order valence-corrected chi connectivity index (χ4v) is 5.21. The van der Waals surface area contributed by atoms with Crippen molar-refractivity contribution in [3.8, 4) is 0 Å². The standard InChI is InChI=1S/C21H26N2O3/c24-12-13-10-18-19(11-13)26-9-8-23(18)21(25)16-6-3-5-15-14-4-1-2-7-17(14)22-20(15)16/h3,5-6,13,18-19,22,24H,1-2,4,7-12H2/t13-,18+,19?/m1/s1. The molecule has 2 fully saturated rings. The quantitative estimate of drug-likeness (QED) is 0.871. The van der Waals surface area contributed by atoms with Crippen molar-refractivity contribution < 1.29 is 14.6 Å². The van der Waals surface area contributed by atoms with Crippen LogP contribution >= 0.6 is 0 Å². The normalized spacial score (nSPS) is 28.2. The molecule has 5 nitrogen and oxygen atoms in total. The molecule has 1 aliphatic heterocycles. The van der Waals surface area contributed by atoms with Crippen LogP contribution in [0.2, 0.25) is 0 Å². The highest BCUT2D eigenvalue weighted by Gasteiger charge is 2.43. The van der Waals surface area contributed by atoms with Crippen LogP contribution in [0.4, 0.5) is 0 Å². The zero-order valence-electron chi connectivity index (χ0n) is 15.0. The molecule has 3 aliphatic rings. The van der Waals surface area contributed by atoms with E-state index in [-0.39, 0.29) is 30.6 Å². The Hall–Kier alpha value is -1.85. The Morgan fingerprint density at radius 1 is 1.27 bits per heavy atom. The second kappa shape index (κ2) is 6.39. The minimum atomic E-state index is 0.0703. The second-order valence-electron chi connectivity index (χ2n) is 8.01. The molecule has 0 spiro atoms. The summed E-state index contributed by atoms with van der Waals surface area (Å²) in [6.45, 7) is 1.40. The highest BCUT2D eigenvalue weighted by atomic mass is 16.5. The van der Waals surface area contributed by atoms with Gasteiger partial charge >= 0.3 is 0 Å². The predicted molar refractivity (Wildman–Crippen MR) is 99.3 cm³/mol. The molecule has 26 heavy (non-hydrogen) atoms. The lowest BCUT2D eigenvalue weighted by atomic mass is 9.95. The number of nitrogens with zero attached hydrogens (tertiary/aromatic N) is 1. The number of H-pyrrole nitrogens is 1. The van der Waals surface area contributed by atoms with E-state index < -0.39 is 0 Å². The molecule has 1 unspecified atom stereocenters. The van der Waals surface area contributed by atoms with Crippen LogP contribution in [0.1, 0.15) is 47.3 Å². The number of nitrogens with one attached hydrogen (secondary N) is 1. The van der Waals surface area contributed by atoms with Gasteiger partial charge in [-0.3, -0.25) is 4.79 Å². The zero-order valence-corrected chi connectivity index (χ0v) is 15.0. The number of aromatic nitrogens is 1. The summed E-state index contributed by atoms with van der Waals surface area (Å²) in [5.41, 5.74) is 4.50. The summed E-state index contributed by atoms with van der Waals surface area (Å²) >= 11 is 0. The van der Waals surface area contributed by atoms with Crippen LogP contribution in [-0.4, -0.2) is 52.8 Å². The third-order valence-electron chi connectivity index (χ3n) is 6.52. The maximum Gasteiger partial charge on any atom is 0.256 e. The van der Waals surface area contributed by atoms with Gasteiger partial charge in [0.15, 0.2) is 0 Å². The van der Waals surface area contributed by atoms with E-state index in [9.17, 15) is 9.90 Å². The van der Waals surface area contributed by atoms with Gasteiger partial charge in [-0.05, 0) is 56.1 Å². The number of amides is 1. The van der Waals surface area contributed by atoms with Crippen molar-refractivity contribution in [2.24, 2.45) is 5.92 Å². The number of aromatic amines is 1. The summed E-state index contributed by atoms with van der Waals surface area (Å²) in [6, 6.07) is 6.21. The van der Waals surface area contributed by atoms with Crippen molar-refractivity contribution in [1.29, 1.82) is 0 Å². The molecule has 5 heteroatoms. The third-order valence-corrected chi connectivity index (χ3v) is 6.52. The van der Waals surface area contributed by atoms with Crippen molar-refractivity contribution in [3.05, 3.63) is 35.0 Å². The van der Waals surface area contributed by atoms with Gasteiger partial charge in [0, 0.05) is 24.2 Å². The number of fused-ring (bicyclic) bond motifs is 4. The Balaban J connectivity index is 1.51. The number of aryl methyl sites for hydroxylation is 2. The fraction of sp³-hybridized carbons (Fsp3) is 0.571. The average Bonchev–Trinajstić information content (AvgIpc) is 3.28. The van der Waals surface area contributed by atoms with Gasteiger partial charge in [-0.25, -0.2) is 0 Å². The monoisotopic (exact) mass is 354 g/mol. The summed E-state index contributed by atoms with van der Waals surface area (Å²) in [4.78, 5) is 19.0. The Kier molecular flexibility index (Phi) is 4.02. The summed E-state index contributed by atoms with van der Waals surface area (Å²) < 4.78 is 5.89. The first-order chi connectivity index (χ1) is 12.8. The van der Waals surface area contributed by atoms with Crippen LogP contribution < -0.4 is 0 Å². The number of morpholine rings is 1. The topological polar surface area (TPSA) is 65.6 Å². The van der Waals surface area contributed by atoms with Gasteiger partial charge in [-0.2, -0.15) is 0 Å². The first-order valence-electron chi connectivity index (χ1n) is 9.92. The Morgan fingerprint density at radius 2 is 2.15 bits per heavy atom. The lowest BCUT2D eigenvalue weighted by Crippen LogP contribution is -2.51. The summed E-state index contributed by atoms with van der Waals surface area (Å²) in [5, 5.41) is 10.7. The molecule has 1 aromatic heterocycles. The largest absolute Gasteiger partial charge is 0.396 e. The number of carbonyl (C=O) groups excluding carboxylic acids is 1. The van der Waals surface area contributed by atoms with Gasteiger partial charge in [-0.15, -0.1) is 0 Å². The van der Waals surface area contributed by atoms with E-state index in [0.717, 1.165) is 36.8 Å². The van der Waals surface area contributed by atoms with Crippen molar-refractivity contribution in [3.63, 3.8) is 0 Å². The molecule has 2 N–H and O–H groups in total. The molecule has 0 radical (unpaired) electrons. The van der Waals surface area contributed by atoms with Crippen LogP contribution in [0.15, 0.2) is 18.2 Å². The third kappa shape index (κ3) is 2.48. The smallest absolute Gasteiger partial charge is 0.256 e. The number of ether oxygens (including phenoxy) is 1. The van der Waals surface area contributed by atoms with E-state index in [2.05, 4.69) is 11.1 Å². The molecule has 1 amide bonds. The second-order valence-corrected chi connectivity index (χ2v) is 8.01. The predicted octanol–water partition coefficient (Wildman–Crippen LogP) is 2.66. The van der Waals surface area contributed by atoms with Gasteiger partial charge in [-0.1, -0.05) is 12.1 Å². The van der Waals surface area contributed by atoms with Gasteiger partial charge in [0.05, 0.1) is 29.8 Å². The van der Waals surface area contributed by atoms with E-state index in [1.165, 1.54) is 29.5 Å². The van der Waals surface area contributed by atoms with Crippen LogP contribution in [0.25, 0.3) is 10.9 Å². The van der Waals surface area contributed by atoms with E-state index >= 15 is 0 Å². The average molecular weight is 354 g/mol. The molecule has 1 saturated heterocycles. The first-order valence-corrected chi connectivity index (χ1v) is 9.92. The molecule has 2 aromatic rings. The minimum absolute atomic E-state index is 0.0703. The SMILES string of the molecule is O=C(c1cccc2c3c([nH]c12)CCCC3)N1CCOC2C[C@H](CO)C[C@@H]21. The van der Waals surface area contributed by atoms with Crippen LogP contribution in [-0.2, 0) is 17.6 Å². The molecule has 0 bridgehead atoms. The minimum Gasteiger partial charge on any atom is -0.396 e. The number of hydrogen-bond donors (Lipinski definition) is 2. The highest BCUT2D eigenvalue weighted by Crippen LogP contribution is 2.36. The van der Waals surface area contributed by atoms with E-state index in [0.29, 0.717) is 13.2 Å². The van der Waals surface area contributed by atoms with E-state index in [1.807, 2.05) is 17.0 Å². The highest BCUT2D eigenvalue weighted by molar-refractivity contribution is 6.07. The van der Waals surface area contributed by atoms with Crippen molar-refractivity contribution in [2.75, 3.05) is 19.8 Å². The number of carbonyl (C=O) groups is 1. The zero-order chi connectivity index (χ0) is 17.7. The molecule has 2 aliphatic carbocycles. The van der Waals surface area contributed by atoms with Gasteiger partial charge < -0.3 is 19.7 Å². The van der Waals surface area contributed by atoms with Gasteiger partial charge in [0.2, 0.25) is 0 Å². The number of aliphatic hydroxyl groups excluding tert-OH is 1. The fourth-order valence-electron chi connectivity index (χ4n) is 5.21. The molecule has 138 valence electrons. The van der Waals surface area contributed by atoms with Gasteiger partial charge in [0.25, 0.3) is 5.91 Å². The van der Waals surface area contributed by atoms with Crippen molar-refractivity contribution in [1.82, 2.24) is 9.88 Å². The lowest BCUT2D eigenvalue weighted by Gasteiger charge is -2.37. The Bertz CT molecular complexity index is 843. The number of aliphatic hydroxyl groups is 1. The van der Waals surface area contributed by atoms with Crippen molar-refractivity contribution >= 4 is 16.8 Å². The molecular weight excluding hydrogens is 328 g/mol. The van der Waals surface area contributed by atoms with E-state index in [1.54, 1.807) is 0 Å². The first kappa shape index (κ1) is 16.3. The Morgan fingerprint density at radius 3 is 3.04 bits per heavy atom. The van der Waals surface area contributed by atoms with Crippen LogP contribution in [0, 0.1) is 5.92 Å². The number of para-hydroxylation sites is 1. The Labute approximate surface area is 153 Å². The molecule has 3 atom stereocenters. The van der Waals surface area contributed by atoms with E-state index in [4.69, 9.17) is 4.74 Å².